The molecular formula is C46H62LiO16P. The standard InChI is InChI=1S/C22H26O5.C15H14O5.C9H19O2P.Li.H2O2.O2.H/c1-2-3-5-10-16(23)11-12-17-18-13-21(24)26-20(18)14-19(17)27-22(25)15-8-6-4-7-9-15;16-8-11-10-6-14(17)19-12(10)7-13(11)20-15(18)9-4-2-1-3-5-9;1-4-5-6-7-9(10)8-12(3)11-2;;2*1-2;/h4,6-9,11-12,17-20H,2-3,5,10,13-14H2,1H3;1-5,8,10-13H,6-7H2;4-8H2,1-3H3;;1-2H;;/q;;;+1;;;-1/b12-11+;;;;;;/t17-,18-,19-,20?;10-,11-,12?,13-;;;;;/m11...../s1. The van der Waals surface area contributed by atoms with E-state index in [0.717, 1.165) is 38.4 Å². The number of Topliss-reactive ketones (excluding diaryl/α,β-unsaturated/α-hetero) is 1. The zero-order chi connectivity index (χ0) is 46.7. The number of fused-ring (bicyclic) bond motifs is 2. The van der Waals surface area contributed by atoms with E-state index in [4.69, 9.17) is 43.9 Å². The molecule has 2 aliphatic carbocycles. The fourth-order valence-corrected chi connectivity index (χ4v) is 8.66. The molecule has 0 spiro atoms. The minimum Gasteiger partial charge on any atom is -1.00 e. The molecule has 18 heteroatoms. The number of carbonyl (C=O) groups excluding carboxylic acids is 7. The third kappa shape index (κ3) is 19.0. The van der Waals surface area contributed by atoms with Crippen molar-refractivity contribution in [2.24, 2.45) is 23.7 Å². The first-order valence-electron chi connectivity index (χ1n) is 21.2. The van der Waals surface area contributed by atoms with E-state index < -0.39 is 26.1 Å². The van der Waals surface area contributed by atoms with Crippen LogP contribution in [0.3, 0.4) is 0 Å². The third-order valence-electron chi connectivity index (χ3n) is 11.1. The van der Waals surface area contributed by atoms with Gasteiger partial charge in [0.1, 0.15) is 36.5 Å². The Balaban J connectivity index is 0.000000954. The molecule has 6 rings (SSSR count). The van der Waals surface area contributed by atoms with Gasteiger partial charge >= 0.3 is 42.7 Å². The number of ketones is 2. The van der Waals surface area contributed by atoms with Crippen LogP contribution in [-0.4, -0.2) is 96.6 Å². The first kappa shape index (κ1) is 57.6. The Bertz CT molecular complexity index is 1770. The van der Waals surface area contributed by atoms with Gasteiger partial charge in [-0.1, -0.05) is 82.0 Å². The zero-order valence-corrected chi connectivity index (χ0v) is 38.3. The molecule has 9 atom stereocenters. The maximum atomic E-state index is 12.4. The molecule has 4 fully saturated rings. The molecule has 2 aromatic rings. The monoisotopic (exact) mass is 908 g/mol. The number of aldehydes is 1. The summed E-state index contributed by atoms with van der Waals surface area (Å²) < 4.78 is 26.7. The van der Waals surface area contributed by atoms with Crippen molar-refractivity contribution in [3.63, 3.8) is 0 Å². The summed E-state index contributed by atoms with van der Waals surface area (Å²) in [4.78, 5) is 95.8. The Hall–Kier alpha value is -4.42. The molecular weight excluding hydrogens is 846 g/mol. The van der Waals surface area contributed by atoms with Gasteiger partial charge in [0.25, 0.3) is 0 Å². The van der Waals surface area contributed by atoms with Crippen molar-refractivity contribution >= 4 is 49.9 Å². The van der Waals surface area contributed by atoms with Crippen molar-refractivity contribution in [3.8, 4) is 0 Å². The van der Waals surface area contributed by atoms with E-state index in [2.05, 4.69) is 13.8 Å². The van der Waals surface area contributed by atoms with Gasteiger partial charge < -0.3 is 29.7 Å². The second kappa shape index (κ2) is 32.3. The van der Waals surface area contributed by atoms with Crippen molar-refractivity contribution in [2.45, 2.75) is 115 Å². The first-order chi connectivity index (χ1) is 30.5. The number of allylic oxidation sites excluding steroid dienone is 1. The first-order valence-corrected chi connectivity index (χ1v) is 23.1. The van der Waals surface area contributed by atoms with Gasteiger partial charge in [0.05, 0.1) is 36.0 Å². The molecule has 0 bridgehead atoms. The quantitative estimate of drug-likeness (QED) is 0.0224. The summed E-state index contributed by atoms with van der Waals surface area (Å²) in [5, 5.41) is 12.0. The van der Waals surface area contributed by atoms with Crippen LogP contribution in [0.4, 0.5) is 0 Å². The summed E-state index contributed by atoms with van der Waals surface area (Å²) in [7, 11) is 1.18. The predicted octanol–water partition coefficient (Wildman–Crippen LogP) is 5.24. The van der Waals surface area contributed by atoms with Crippen molar-refractivity contribution in [1.29, 1.82) is 0 Å². The molecule has 0 amide bonds. The fraction of sp³-hybridized carbons (Fsp3) is 0.543. The Labute approximate surface area is 389 Å². The van der Waals surface area contributed by atoms with Crippen LogP contribution >= 0.6 is 8.15 Å². The van der Waals surface area contributed by atoms with E-state index in [1.165, 1.54) is 12.8 Å². The number of hydrogen-bond acceptors (Lipinski definition) is 16. The van der Waals surface area contributed by atoms with E-state index in [0.29, 0.717) is 48.8 Å². The number of benzene rings is 2. The summed E-state index contributed by atoms with van der Waals surface area (Å²) in [5.41, 5.74) is 0.941. The van der Waals surface area contributed by atoms with Crippen molar-refractivity contribution in [1.82, 2.24) is 0 Å². The van der Waals surface area contributed by atoms with Crippen molar-refractivity contribution < 1.29 is 87.8 Å². The molecule has 2 saturated carbocycles. The molecule has 0 aromatic heterocycles. The Morgan fingerprint density at radius 1 is 0.734 bits per heavy atom. The molecule has 348 valence electrons. The van der Waals surface area contributed by atoms with Crippen LogP contribution in [0, 0.1) is 33.6 Å². The number of unbranched alkanes of at least 4 members (excludes halogenated alkanes) is 4. The van der Waals surface area contributed by atoms with Gasteiger partial charge in [0.15, 0.2) is 5.78 Å². The summed E-state index contributed by atoms with van der Waals surface area (Å²) in [5.74, 6) is -1.73. The molecule has 0 radical (unpaired) electrons. The molecule has 2 N–H and O–H groups in total. The largest absolute Gasteiger partial charge is 1.00 e. The van der Waals surface area contributed by atoms with E-state index >= 15 is 0 Å². The van der Waals surface area contributed by atoms with Crippen LogP contribution in [0.15, 0.2) is 72.8 Å². The molecule has 2 heterocycles. The Morgan fingerprint density at radius 3 is 1.61 bits per heavy atom. The summed E-state index contributed by atoms with van der Waals surface area (Å²) in [6, 6.07) is 17.5. The van der Waals surface area contributed by atoms with Gasteiger partial charge in [-0.25, -0.2) is 9.59 Å². The van der Waals surface area contributed by atoms with E-state index in [9.17, 15) is 33.6 Å². The van der Waals surface area contributed by atoms with Gasteiger partial charge in [0, 0.05) is 68.6 Å². The number of esters is 4. The molecule has 2 aromatic carbocycles. The van der Waals surface area contributed by atoms with Crippen molar-refractivity contribution in [2.75, 3.05) is 19.9 Å². The van der Waals surface area contributed by atoms with Gasteiger partial charge in [-0.2, -0.15) is 0 Å². The molecule has 4 aliphatic rings. The van der Waals surface area contributed by atoms with Crippen LogP contribution in [0.5, 0.6) is 0 Å². The fourth-order valence-electron chi connectivity index (χ4n) is 7.88. The van der Waals surface area contributed by atoms with E-state index in [1.807, 2.05) is 24.9 Å². The summed E-state index contributed by atoms with van der Waals surface area (Å²) in [6.45, 7) is 6.24. The number of rotatable bonds is 18. The summed E-state index contributed by atoms with van der Waals surface area (Å²) >= 11 is 0. The van der Waals surface area contributed by atoms with Crippen LogP contribution in [0.1, 0.15) is 113 Å². The normalized spacial score (nSPS) is 23.7. The summed E-state index contributed by atoms with van der Waals surface area (Å²) in [6.07, 6.45) is 12.4. The third-order valence-corrected chi connectivity index (χ3v) is 12.5. The Kier molecular flexibility index (Phi) is 29.0. The average Bonchev–Trinajstić information content (AvgIpc) is 4.03. The number of carbonyl (C=O) groups is 7. The molecule has 16 nitrogen and oxygen atoms in total. The van der Waals surface area contributed by atoms with E-state index in [1.54, 1.807) is 61.7 Å². The van der Waals surface area contributed by atoms with Gasteiger partial charge in [-0.15, -0.1) is 0 Å². The van der Waals surface area contributed by atoms with Crippen molar-refractivity contribution in [3.05, 3.63) is 93.9 Å². The molecule has 2 aliphatic heterocycles. The topological polar surface area (TPSA) is 240 Å². The second-order valence-corrected chi connectivity index (χ2v) is 17.4. The predicted molar refractivity (Wildman–Crippen MR) is 235 cm³/mol. The number of ether oxygens (including phenoxy) is 4. The van der Waals surface area contributed by atoms with Crippen LogP contribution < -0.4 is 18.9 Å². The van der Waals surface area contributed by atoms with Crippen LogP contribution in [0.25, 0.3) is 0 Å². The van der Waals surface area contributed by atoms with Crippen LogP contribution in [0.2, 0.25) is 0 Å². The molecule has 64 heavy (non-hydrogen) atoms. The smallest absolute Gasteiger partial charge is 1.00 e. The maximum Gasteiger partial charge on any atom is 1.00 e. The van der Waals surface area contributed by atoms with Crippen LogP contribution in [-0.2, 0) is 47.4 Å². The molecule has 2 saturated heterocycles. The second-order valence-electron chi connectivity index (χ2n) is 15.4. The van der Waals surface area contributed by atoms with Gasteiger partial charge in [-0.3, -0.25) is 29.7 Å². The minimum absolute atomic E-state index is 0. The van der Waals surface area contributed by atoms with Gasteiger partial charge in [0.2, 0.25) is 0 Å². The number of hydrogen-bond donors (Lipinski definition) is 2. The van der Waals surface area contributed by atoms with Gasteiger partial charge in [-0.05, 0) is 49.8 Å². The zero-order valence-electron chi connectivity index (χ0n) is 38.4. The maximum absolute atomic E-state index is 12.4. The average molecular weight is 909 g/mol. The Morgan fingerprint density at radius 2 is 1.17 bits per heavy atom. The molecule has 3 unspecified atom stereocenters. The SMILES string of the molecule is CCCCCC(=O)/C=C/[C@H]1[C@H](OC(=O)c2ccccc2)CC2OC(=O)C[C@@H]21.CCCCCC(=O)CP(C)OC.O=C[C@H]1[C@H](OC(=O)c2ccccc2)CC2OC(=O)C[C@@H]21.O=O.OO.[H-].[Li+]. The van der Waals surface area contributed by atoms with E-state index in [-0.39, 0.29) is 86.5 Å². The minimum atomic E-state index is -0.511.